The Morgan fingerprint density at radius 2 is 1.82 bits per heavy atom. The number of rotatable bonds is 9. The first-order chi connectivity index (χ1) is 20.9. The summed E-state index contributed by atoms with van der Waals surface area (Å²) < 4.78 is 77.3. The Hall–Kier alpha value is -3.14. The third kappa shape index (κ3) is 7.56. The first-order valence-electron chi connectivity index (χ1n) is 14.3. The number of sulfonamides is 1. The molecule has 1 aromatic heterocycles. The molecule has 3 aromatic rings. The molecule has 1 N–H and O–H groups in total. The van der Waals surface area contributed by atoms with Gasteiger partial charge in [0.25, 0.3) is 0 Å². The van der Waals surface area contributed by atoms with Crippen LogP contribution in [-0.2, 0) is 19.6 Å². The van der Waals surface area contributed by atoms with Gasteiger partial charge in [-0.1, -0.05) is 50.6 Å². The van der Waals surface area contributed by atoms with Crippen LogP contribution in [0.4, 0.5) is 13.2 Å². The predicted molar refractivity (Wildman–Crippen MR) is 158 cm³/mol. The number of morpholine rings is 1. The molecule has 0 bridgehead atoms. The van der Waals surface area contributed by atoms with Crippen LogP contribution >= 0.6 is 11.8 Å². The molecule has 3 atom stereocenters. The van der Waals surface area contributed by atoms with E-state index in [2.05, 4.69) is 34.1 Å². The van der Waals surface area contributed by atoms with Gasteiger partial charge in [0.1, 0.15) is 5.75 Å². The number of nitrogens with one attached hydrogen (secondary N) is 1. The van der Waals surface area contributed by atoms with Gasteiger partial charge in [-0.05, 0) is 54.7 Å². The number of ether oxygens (including phenoxy) is 2. The van der Waals surface area contributed by atoms with Crippen molar-refractivity contribution in [3.8, 4) is 22.8 Å². The van der Waals surface area contributed by atoms with Crippen molar-refractivity contribution in [1.82, 2.24) is 24.4 Å². The van der Waals surface area contributed by atoms with Gasteiger partial charge in [-0.15, -0.1) is 23.4 Å². The van der Waals surface area contributed by atoms with Gasteiger partial charge >= 0.3 is 6.36 Å². The van der Waals surface area contributed by atoms with E-state index in [1.807, 2.05) is 0 Å². The van der Waals surface area contributed by atoms with Gasteiger partial charge in [-0.25, -0.2) is 8.42 Å². The maximum absolute atomic E-state index is 13.3. The molecule has 1 amide bonds. The standard InChI is InChI=1S/C29H34F3N5O5S2/c1-19-5-3-8-25(20(19)2)33-26(38)18-43-28-35-34-27(37(28)22-9-11-23(12-10-22)42-29(30,31)32)21-6-4-7-24(17-21)44(39,40)36-13-15-41-16-14-36/h4,6-7,9-12,17,19-20,25H,3,5,8,13-16,18H2,1-2H3,(H,33,38)/t19-,20+,25-/m1/s1. The van der Waals surface area contributed by atoms with Gasteiger partial charge in [-0.3, -0.25) is 9.36 Å². The summed E-state index contributed by atoms with van der Waals surface area (Å²) in [5.74, 6) is 0.594. The summed E-state index contributed by atoms with van der Waals surface area (Å²) in [6.07, 6.45) is -1.75. The molecule has 2 aromatic carbocycles. The van der Waals surface area contributed by atoms with Crippen molar-refractivity contribution in [2.75, 3.05) is 32.1 Å². The minimum absolute atomic E-state index is 0.0381. The molecule has 0 unspecified atom stereocenters. The van der Waals surface area contributed by atoms with E-state index in [9.17, 15) is 26.4 Å². The maximum Gasteiger partial charge on any atom is 0.573 e. The summed E-state index contributed by atoms with van der Waals surface area (Å²) in [7, 11) is -3.82. The highest BCUT2D eigenvalue weighted by Crippen LogP contribution is 2.33. The Bertz CT molecular complexity index is 1560. The summed E-state index contributed by atoms with van der Waals surface area (Å²) in [6.45, 7) is 5.40. The fraction of sp³-hybridized carbons (Fsp3) is 0.483. The molecular weight excluding hydrogens is 619 g/mol. The van der Waals surface area contributed by atoms with E-state index in [1.54, 1.807) is 16.7 Å². The quantitative estimate of drug-likeness (QED) is 0.325. The fourth-order valence-electron chi connectivity index (χ4n) is 5.48. The smallest absolute Gasteiger partial charge is 0.406 e. The van der Waals surface area contributed by atoms with Crippen LogP contribution in [0.5, 0.6) is 5.75 Å². The fourth-order valence-corrected chi connectivity index (χ4v) is 7.69. The number of halogens is 3. The van der Waals surface area contributed by atoms with E-state index < -0.39 is 22.1 Å². The van der Waals surface area contributed by atoms with Gasteiger partial charge in [0.2, 0.25) is 15.9 Å². The van der Waals surface area contributed by atoms with Gasteiger partial charge in [0, 0.05) is 30.4 Å². The van der Waals surface area contributed by atoms with E-state index in [-0.39, 0.29) is 41.5 Å². The van der Waals surface area contributed by atoms with Crippen LogP contribution in [-0.4, -0.2) is 77.9 Å². The molecule has 5 rings (SSSR count). The molecule has 2 aliphatic rings. The van der Waals surface area contributed by atoms with Crippen LogP contribution in [0.15, 0.2) is 58.6 Å². The van der Waals surface area contributed by atoms with Gasteiger partial charge in [0.05, 0.1) is 23.9 Å². The topological polar surface area (TPSA) is 116 Å². The second kappa shape index (κ2) is 13.5. The van der Waals surface area contributed by atoms with Gasteiger partial charge < -0.3 is 14.8 Å². The van der Waals surface area contributed by atoms with Crippen LogP contribution in [0.3, 0.4) is 0 Å². The Labute approximate surface area is 258 Å². The average Bonchev–Trinajstić information content (AvgIpc) is 3.42. The van der Waals surface area contributed by atoms with Crippen LogP contribution in [0.2, 0.25) is 0 Å². The van der Waals surface area contributed by atoms with E-state index in [0.29, 0.717) is 41.5 Å². The van der Waals surface area contributed by atoms with Crippen molar-refractivity contribution in [2.45, 2.75) is 55.6 Å². The zero-order valence-electron chi connectivity index (χ0n) is 24.3. The zero-order valence-corrected chi connectivity index (χ0v) is 25.9. The molecule has 2 heterocycles. The van der Waals surface area contributed by atoms with E-state index in [1.165, 1.54) is 40.7 Å². The van der Waals surface area contributed by atoms with Crippen LogP contribution in [0.25, 0.3) is 17.1 Å². The highest BCUT2D eigenvalue weighted by Gasteiger charge is 2.32. The highest BCUT2D eigenvalue weighted by molar-refractivity contribution is 7.99. The number of hydrogen-bond donors (Lipinski definition) is 1. The normalized spacial score (nSPS) is 21.6. The summed E-state index contributed by atoms with van der Waals surface area (Å²) in [5.41, 5.74) is 0.822. The third-order valence-electron chi connectivity index (χ3n) is 8.05. The van der Waals surface area contributed by atoms with Crippen LogP contribution < -0.4 is 10.1 Å². The molecule has 0 radical (unpaired) electrons. The second-order valence-corrected chi connectivity index (χ2v) is 13.8. The van der Waals surface area contributed by atoms with Crippen molar-refractivity contribution >= 4 is 27.7 Å². The molecule has 10 nitrogen and oxygen atoms in total. The molecule has 15 heteroatoms. The molecule has 1 aliphatic carbocycles. The van der Waals surface area contributed by atoms with Crippen molar-refractivity contribution in [2.24, 2.45) is 11.8 Å². The van der Waals surface area contributed by atoms with E-state index >= 15 is 0 Å². The highest BCUT2D eigenvalue weighted by atomic mass is 32.2. The minimum Gasteiger partial charge on any atom is -0.406 e. The second-order valence-electron chi connectivity index (χ2n) is 11.0. The van der Waals surface area contributed by atoms with Crippen molar-refractivity contribution < 1.29 is 35.9 Å². The SMILES string of the molecule is C[C@H]1[C@H](C)CCC[C@H]1NC(=O)CSc1nnc(-c2cccc(S(=O)(=O)N3CCOCC3)c2)n1-c1ccc(OC(F)(F)F)cc1. The lowest BCUT2D eigenvalue weighted by Gasteiger charge is -2.34. The lowest BCUT2D eigenvalue weighted by molar-refractivity contribution is -0.274. The summed E-state index contributed by atoms with van der Waals surface area (Å²) >= 11 is 1.13. The van der Waals surface area contributed by atoms with Gasteiger partial charge in [-0.2, -0.15) is 4.31 Å². The molecule has 0 spiro atoms. The number of carbonyl (C=O) groups is 1. The van der Waals surface area contributed by atoms with Gasteiger partial charge in [0.15, 0.2) is 11.0 Å². The number of nitrogens with zero attached hydrogens (tertiary/aromatic N) is 4. The molecule has 2 fully saturated rings. The number of alkyl halides is 3. The summed E-state index contributed by atoms with van der Waals surface area (Å²) in [4.78, 5) is 13.0. The van der Waals surface area contributed by atoms with Crippen LogP contribution in [0.1, 0.15) is 33.1 Å². The zero-order chi connectivity index (χ0) is 31.5. The summed E-state index contributed by atoms with van der Waals surface area (Å²) in [5, 5.41) is 12.0. The number of benzene rings is 2. The Kier molecular flexibility index (Phi) is 9.87. The molecular formula is C29H34F3N5O5S2. The maximum atomic E-state index is 13.3. The van der Waals surface area contributed by atoms with Crippen molar-refractivity contribution in [3.63, 3.8) is 0 Å². The molecule has 1 aliphatic heterocycles. The Morgan fingerprint density at radius 3 is 2.52 bits per heavy atom. The molecule has 1 saturated carbocycles. The number of amides is 1. The van der Waals surface area contributed by atoms with Crippen LogP contribution in [0, 0.1) is 11.8 Å². The predicted octanol–water partition coefficient (Wildman–Crippen LogP) is 4.89. The first kappa shape index (κ1) is 32.3. The average molecular weight is 654 g/mol. The Morgan fingerprint density at radius 1 is 1.09 bits per heavy atom. The molecule has 1 saturated heterocycles. The Balaban J connectivity index is 1.44. The largest absolute Gasteiger partial charge is 0.573 e. The van der Waals surface area contributed by atoms with E-state index in [0.717, 1.165) is 31.0 Å². The first-order valence-corrected chi connectivity index (χ1v) is 16.8. The van der Waals surface area contributed by atoms with E-state index in [4.69, 9.17) is 4.74 Å². The van der Waals surface area contributed by atoms with Crippen molar-refractivity contribution in [1.29, 1.82) is 0 Å². The number of aromatic nitrogens is 3. The third-order valence-corrected chi connectivity index (χ3v) is 10.9. The number of carbonyl (C=O) groups excluding carboxylic acids is 1. The number of thioether (sulfide) groups is 1. The summed E-state index contributed by atoms with van der Waals surface area (Å²) in [6, 6.07) is 11.5. The minimum atomic E-state index is -4.85. The lowest BCUT2D eigenvalue weighted by Crippen LogP contribution is -2.44. The lowest BCUT2D eigenvalue weighted by atomic mass is 9.78. The monoisotopic (exact) mass is 653 g/mol. The molecule has 238 valence electrons. The van der Waals surface area contributed by atoms with Crippen molar-refractivity contribution in [3.05, 3.63) is 48.5 Å². The molecule has 44 heavy (non-hydrogen) atoms. The number of hydrogen-bond acceptors (Lipinski definition) is 8.